The number of carbonyl (C=O) groups is 2. The molecular formula is C20H23NaO19S4. The van der Waals surface area contributed by atoms with Crippen LogP contribution in [0.5, 0.6) is 5.75 Å². The van der Waals surface area contributed by atoms with Crippen LogP contribution in [0, 0.1) is 0 Å². The van der Waals surface area contributed by atoms with Crippen molar-refractivity contribution in [3.05, 3.63) is 86.7 Å². The van der Waals surface area contributed by atoms with Gasteiger partial charge in [0.1, 0.15) is 10.7 Å². The molecule has 0 amide bonds. The molecule has 0 aromatic heterocycles. The molecule has 44 heavy (non-hydrogen) atoms. The molecule has 2 atom stereocenters. The Morgan fingerprint density at radius 3 is 1.45 bits per heavy atom. The molecule has 242 valence electrons. The second kappa shape index (κ2) is 13.9. The van der Waals surface area contributed by atoms with Crippen LogP contribution in [0.3, 0.4) is 0 Å². The number of benzene rings is 2. The molecule has 0 saturated carbocycles. The number of para-hydroxylation sites is 1. The maximum atomic E-state index is 13.5. The van der Waals surface area contributed by atoms with Gasteiger partial charge >= 0.3 is 39.7 Å². The summed E-state index contributed by atoms with van der Waals surface area (Å²) < 4.78 is 148. The first-order valence-corrected chi connectivity index (χ1v) is 15.9. The zero-order valence-corrected chi connectivity index (χ0v) is 24.0. The van der Waals surface area contributed by atoms with Gasteiger partial charge in [-0.3, -0.25) is 27.8 Å². The number of carbonyl (C=O) groups excluding carboxylic acids is 2. The zero-order valence-electron chi connectivity index (χ0n) is 20.7. The Bertz CT molecular complexity index is 1970. The second-order valence-electron chi connectivity index (χ2n) is 8.05. The molecule has 0 saturated heterocycles. The van der Waals surface area contributed by atoms with Crippen molar-refractivity contribution in [3.63, 3.8) is 0 Å². The van der Waals surface area contributed by atoms with Gasteiger partial charge in [-0.05, 0) is 12.1 Å². The van der Waals surface area contributed by atoms with E-state index in [9.17, 15) is 61.5 Å². The van der Waals surface area contributed by atoms with E-state index in [0.29, 0.717) is 0 Å². The van der Waals surface area contributed by atoms with Gasteiger partial charge in [-0.15, -0.1) is 0 Å². The van der Waals surface area contributed by atoms with Crippen molar-refractivity contribution in [2.75, 3.05) is 0 Å². The zero-order chi connectivity index (χ0) is 29.3. The Kier molecular flexibility index (Phi) is 13.8. The molecule has 0 radical (unpaired) electrons. The first-order valence-electron chi connectivity index (χ1n) is 10.0. The third kappa shape index (κ3) is 6.86. The quantitative estimate of drug-likeness (QED) is 0.165. The molecule has 0 heterocycles. The van der Waals surface area contributed by atoms with Gasteiger partial charge in [0, 0.05) is 16.7 Å². The van der Waals surface area contributed by atoms with Crippen LogP contribution in [0.2, 0.25) is 0 Å². The molecule has 2 unspecified atom stereocenters. The van der Waals surface area contributed by atoms with Gasteiger partial charge in [0.25, 0.3) is 35.3 Å². The van der Waals surface area contributed by atoms with Crippen LogP contribution in [0.25, 0.3) is 0 Å². The molecule has 0 fully saturated rings. The fourth-order valence-corrected chi connectivity index (χ4v) is 10.2. The molecule has 2 aromatic carbocycles. The van der Waals surface area contributed by atoms with E-state index in [4.69, 9.17) is 4.74 Å². The summed E-state index contributed by atoms with van der Waals surface area (Å²) >= 11 is 0. The van der Waals surface area contributed by atoms with Crippen LogP contribution >= 0.6 is 0 Å². The van der Waals surface area contributed by atoms with Gasteiger partial charge in [-0.25, -0.2) is 0 Å². The number of ketones is 2. The molecule has 4 rings (SSSR count). The minimum absolute atomic E-state index is 0. The Morgan fingerprint density at radius 1 is 0.636 bits per heavy atom. The van der Waals surface area contributed by atoms with E-state index in [-0.39, 0.29) is 51.5 Å². The summed E-state index contributed by atoms with van der Waals surface area (Å²) in [6, 6.07) is 9.46. The summed E-state index contributed by atoms with van der Waals surface area (Å²) in [6.07, 6.45) is 0. The molecule has 2 aliphatic carbocycles. The monoisotopic (exact) mass is 718 g/mol. The average molecular weight is 719 g/mol. The van der Waals surface area contributed by atoms with Crippen LogP contribution in [-0.2, 0) is 40.5 Å². The van der Waals surface area contributed by atoms with Crippen molar-refractivity contribution in [2.45, 2.75) is 10.2 Å². The van der Waals surface area contributed by atoms with E-state index < -0.39 is 100 Å². The maximum absolute atomic E-state index is 13.5. The third-order valence-electron chi connectivity index (χ3n) is 5.72. The number of Topliss-reactive ketones (excluding diaryl/α,β-unsaturated/α-hetero) is 2. The van der Waals surface area contributed by atoms with E-state index in [1.807, 2.05) is 0 Å². The van der Waals surface area contributed by atoms with E-state index in [0.717, 1.165) is 36.4 Å². The van der Waals surface area contributed by atoms with Gasteiger partial charge in [-0.2, -0.15) is 33.7 Å². The Balaban J connectivity index is 0. The fraction of sp³-hybridized carbons (Fsp3) is 0.100. The topological polar surface area (TPSA) is 387 Å². The number of hydrogen-bond donors (Lipinski definition) is 4. The minimum atomic E-state index is -6.54. The van der Waals surface area contributed by atoms with E-state index in [2.05, 4.69) is 0 Å². The first-order chi connectivity index (χ1) is 17.7. The summed E-state index contributed by atoms with van der Waals surface area (Å²) in [5.41, 5.74) is -4.68. The summed E-state index contributed by atoms with van der Waals surface area (Å²) in [7, 11) is -25.4. The van der Waals surface area contributed by atoms with Crippen LogP contribution in [-0.4, -0.2) is 125 Å². The molecule has 0 aliphatic heterocycles. The SMILES string of the molecule is O.O.O.O.O=C1C2=C(C(=O)c3ccccc31)C(S(=O)(=O)O)C(Oc1ccccc1)(S(=O)(=O)O)C(S(=O)(=O)O)=C2S(=O)(=O)O.[NaH]. The molecule has 2 aliphatic rings. The third-order valence-corrected chi connectivity index (χ3v) is 10.5. The van der Waals surface area contributed by atoms with Crippen LogP contribution < -0.4 is 4.74 Å². The standard InChI is InChI=1S/C20H14O15S4.Na.4H2O.H/c21-15-11-8-4-5-9-12(11)16(22)14-13(15)17(36(23,24)25)19(38(29,30)31)20(39(32,33)34,18(14)37(26,27)28)35-10-6-2-1-3-7-10;;;;;;/h1-9,18H,(H,23,24,25)(H,26,27,28)(H,29,30,31)(H,32,33,34);;4*1H2;. The molecule has 12 N–H and O–H groups in total. The second-order valence-corrected chi connectivity index (χ2v) is 13.8. The average Bonchev–Trinajstić information content (AvgIpc) is 2.79. The number of hydrogen-bond acceptors (Lipinski definition) is 11. The Labute approximate surface area is 270 Å². The van der Waals surface area contributed by atoms with Gasteiger partial charge < -0.3 is 26.6 Å². The van der Waals surface area contributed by atoms with Crippen molar-refractivity contribution < 1.29 is 88.1 Å². The molecule has 2 aromatic rings. The summed E-state index contributed by atoms with van der Waals surface area (Å²) in [5, 5.41) is -3.61. The molecule has 0 spiro atoms. The number of ether oxygens (including phenoxy) is 1. The van der Waals surface area contributed by atoms with Crippen molar-refractivity contribution in [3.8, 4) is 5.75 Å². The van der Waals surface area contributed by atoms with Crippen molar-refractivity contribution in [2.24, 2.45) is 0 Å². The van der Waals surface area contributed by atoms with Crippen molar-refractivity contribution in [1.82, 2.24) is 0 Å². The van der Waals surface area contributed by atoms with E-state index in [1.165, 1.54) is 18.2 Å². The van der Waals surface area contributed by atoms with Crippen molar-refractivity contribution in [1.29, 1.82) is 0 Å². The fourth-order valence-electron chi connectivity index (χ4n) is 4.41. The Morgan fingerprint density at radius 2 is 1.07 bits per heavy atom. The Hall–Kier alpha value is -2.46. The van der Waals surface area contributed by atoms with E-state index >= 15 is 0 Å². The molecule has 19 nitrogen and oxygen atoms in total. The van der Waals surface area contributed by atoms with Crippen LogP contribution in [0.1, 0.15) is 20.7 Å². The molecular weight excluding hydrogens is 695 g/mol. The van der Waals surface area contributed by atoms with Gasteiger partial charge in [0.05, 0.1) is 5.57 Å². The number of allylic oxidation sites excluding steroid dienone is 1. The number of fused-ring (bicyclic) bond motifs is 1. The number of rotatable bonds is 6. The van der Waals surface area contributed by atoms with Crippen LogP contribution in [0.15, 0.2) is 75.6 Å². The summed E-state index contributed by atoms with van der Waals surface area (Å²) in [4.78, 5) is 17.4. The van der Waals surface area contributed by atoms with Gasteiger partial charge in [0.15, 0.2) is 21.7 Å². The van der Waals surface area contributed by atoms with Crippen LogP contribution in [0.4, 0.5) is 0 Å². The predicted octanol–water partition coefficient (Wildman–Crippen LogP) is -3.66. The van der Waals surface area contributed by atoms with Gasteiger partial charge in [0.2, 0.25) is 0 Å². The predicted molar refractivity (Wildman–Crippen MR) is 151 cm³/mol. The van der Waals surface area contributed by atoms with E-state index in [1.54, 1.807) is 0 Å². The van der Waals surface area contributed by atoms with Gasteiger partial charge in [-0.1, -0.05) is 42.5 Å². The normalized spacial score (nSPS) is 19.9. The summed E-state index contributed by atoms with van der Waals surface area (Å²) in [6.45, 7) is 0. The molecule has 0 bridgehead atoms. The molecule has 24 heteroatoms. The first kappa shape index (κ1) is 43.7. The van der Waals surface area contributed by atoms with Crippen molar-refractivity contribution >= 4 is 81.6 Å². The summed E-state index contributed by atoms with van der Waals surface area (Å²) in [5.74, 6) is -4.05.